The molecule has 14 atom stereocenters. The molecule has 4 heteroatoms. The molecule has 0 saturated heterocycles. The van der Waals surface area contributed by atoms with Crippen LogP contribution >= 0.6 is 0 Å². The molecule has 0 radical (unpaired) electrons. The first-order valence-corrected chi connectivity index (χ1v) is 18.6. The van der Waals surface area contributed by atoms with E-state index in [2.05, 4.69) is 27.7 Å². The minimum Gasteiger partial charge on any atom is -0.393 e. The van der Waals surface area contributed by atoms with Crippen molar-refractivity contribution in [3.8, 4) is 0 Å². The third kappa shape index (κ3) is 3.97. The molecule has 0 spiro atoms. The topological polar surface area (TPSA) is 65.2 Å². The Balaban J connectivity index is 1.00. The third-order valence-corrected chi connectivity index (χ3v) is 17.0. The van der Waals surface area contributed by atoms with Crippen LogP contribution < -0.4 is 0 Å². The zero-order valence-electron chi connectivity index (χ0n) is 27.3. The number of nitrogens with zero attached hydrogens (tertiary/aromatic N) is 2. The van der Waals surface area contributed by atoms with Gasteiger partial charge in [0.25, 0.3) is 0 Å². The van der Waals surface area contributed by atoms with E-state index in [1.807, 2.05) is 0 Å². The van der Waals surface area contributed by atoms with Crippen molar-refractivity contribution in [1.82, 2.24) is 0 Å². The maximum atomic E-state index is 10.4. The monoisotopic (exact) mass is 576 g/mol. The average Bonchev–Trinajstić information content (AvgIpc) is 3.48. The Hall–Kier alpha value is -0.740. The van der Waals surface area contributed by atoms with Crippen LogP contribution in [-0.2, 0) is 0 Å². The van der Waals surface area contributed by atoms with Crippen molar-refractivity contribution >= 4 is 11.4 Å². The van der Waals surface area contributed by atoms with E-state index in [4.69, 9.17) is 10.2 Å². The normalized spacial score (nSPS) is 58.9. The first-order valence-electron chi connectivity index (χ1n) is 18.6. The molecule has 234 valence electrons. The molecule has 4 nitrogen and oxygen atoms in total. The first-order chi connectivity index (χ1) is 20.1. The fraction of sp³-hybridized carbons (Fsp3) is 0.947. The van der Waals surface area contributed by atoms with Crippen LogP contribution in [0.3, 0.4) is 0 Å². The minimum absolute atomic E-state index is 0.0516. The second-order valence-corrected chi connectivity index (χ2v) is 18.3. The van der Waals surface area contributed by atoms with Crippen molar-refractivity contribution in [3.63, 3.8) is 0 Å². The van der Waals surface area contributed by atoms with Gasteiger partial charge in [-0.1, -0.05) is 27.7 Å². The van der Waals surface area contributed by atoms with Crippen molar-refractivity contribution in [2.75, 3.05) is 0 Å². The summed E-state index contributed by atoms with van der Waals surface area (Å²) < 4.78 is 0. The summed E-state index contributed by atoms with van der Waals surface area (Å²) in [6.07, 6.45) is 22.2. The average molecular weight is 577 g/mol. The lowest BCUT2D eigenvalue weighted by Gasteiger charge is -2.60. The highest BCUT2D eigenvalue weighted by molar-refractivity contribution is 5.95. The Morgan fingerprint density at radius 3 is 1.36 bits per heavy atom. The largest absolute Gasteiger partial charge is 0.393 e. The Labute approximate surface area is 256 Å². The van der Waals surface area contributed by atoms with E-state index >= 15 is 0 Å². The van der Waals surface area contributed by atoms with Crippen molar-refractivity contribution in [2.24, 2.45) is 79.2 Å². The molecule has 8 saturated carbocycles. The maximum absolute atomic E-state index is 10.4. The van der Waals surface area contributed by atoms with Crippen LogP contribution in [0.5, 0.6) is 0 Å². The van der Waals surface area contributed by atoms with E-state index in [1.165, 1.54) is 88.5 Å². The Kier molecular flexibility index (Phi) is 6.75. The predicted molar refractivity (Wildman–Crippen MR) is 170 cm³/mol. The van der Waals surface area contributed by atoms with E-state index < -0.39 is 0 Å². The molecule has 8 fully saturated rings. The highest BCUT2D eigenvalue weighted by Gasteiger charge is 2.61. The van der Waals surface area contributed by atoms with Gasteiger partial charge in [0.2, 0.25) is 0 Å². The lowest BCUT2D eigenvalue weighted by atomic mass is 9.45. The summed E-state index contributed by atoms with van der Waals surface area (Å²) in [5.74, 6) is 6.44. The van der Waals surface area contributed by atoms with Gasteiger partial charge in [0.15, 0.2) is 0 Å². The van der Waals surface area contributed by atoms with Crippen LogP contribution in [0.15, 0.2) is 10.2 Å². The molecule has 8 aliphatic carbocycles. The van der Waals surface area contributed by atoms with Crippen LogP contribution in [0.25, 0.3) is 0 Å². The van der Waals surface area contributed by atoms with E-state index in [1.54, 1.807) is 0 Å². The molecule has 0 aromatic heterocycles. The third-order valence-electron chi connectivity index (χ3n) is 17.0. The highest BCUT2D eigenvalue weighted by Crippen LogP contribution is 2.67. The van der Waals surface area contributed by atoms with E-state index in [-0.39, 0.29) is 23.0 Å². The van der Waals surface area contributed by atoms with Crippen LogP contribution in [0.1, 0.15) is 143 Å². The van der Waals surface area contributed by atoms with Crippen LogP contribution in [0.2, 0.25) is 0 Å². The van der Waals surface area contributed by atoms with Crippen molar-refractivity contribution in [3.05, 3.63) is 0 Å². The molecule has 42 heavy (non-hydrogen) atoms. The zero-order valence-corrected chi connectivity index (χ0v) is 27.3. The summed E-state index contributed by atoms with van der Waals surface area (Å²) in [6, 6.07) is 0. The molecule has 0 aliphatic heterocycles. The summed E-state index contributed by atoms with van der Waals surface area (Å²) in [5, 5.41) is 31.4. The molecular weight excluding hydrogens is 516 g/mol. The first kappa shape index (κ1) is 28.7. The van der Waals surface area contributed by atoms with Gasteiger partial charge in [-0.2, -0.15) is 10.2 Å². The Morgan fingerprint density at radius 2 is 0.929 bits per heavy atom. The summed E-state index contributed by atoms with van der Waals surface area (Å²) in [6.45, 7) is 10.4. The van der Waals surface area contributed by atoms with Gasteiger partial charge in [0.05, 0.1) is 12.2 Å². The number of aliphatic hydroxyl groups is 2. The molecule has 0 amide bonds. The molecule has 0 heterocycles. The van der Waals surface area contributed by atoms with Crippen molar-refractivity contribution < 1.29 is 10.2 Å². The second kappa shape index (κ2) is 9.88. The number of rotatable bonds is 1. The van der Waals surface area contributed by atoms with Gasteiger partial charge >= 0.3 is 0 Å². The van der Waals surface area contributed by atoms with E-state index in [9.17, 15) is 10.2 Å². The SMILES string of the molecule is C[C@]12CC[C@H](O)C[C@@H]1CC[C@H]1[C@H]2CC[C@]2(C)/C(=N/N=C3/CC[C@H]4[C@@H]5CC[C@H]6C[C@@H](O)CC[C@]6(C)[C@H]5CC[C@]34C)CC[C@@H]12. The Morgan fingerprint density at radius 1 is 0.500 bits per heavy atom. The van der Waals surface area contributed by atoms with Gasteiger partial charge in [-0.05, 0) is 174 Å². The minimum atomic E-state index is -0.0516. The second-order valence-electron chi connectivity index (χ2n) is 18.3. The summed E-state index contributed by atoms with van der Waals surface area (Å²) in [4.78, 5) is 0. The molecule has 8 rings (SSSR count). The quantitative estimate of drug-likeness (QED) is 0.307. The smallest absolute Gasteiger partial charge is 0.0543 e. The number of hydrogen-bond acceptors (Lipinski definition) is 4. The molecule has 0 bridgehead atoms. The summed E-state index contributed by atoms with van der Waals surface area (Å²) in [7, 11) is 0. The van der Waals surface area contributed by atoms with E-state index in [0.717, 1.165) is 85.9 Å². The lowest BCUT2D eigenvalue weighted by Crippen LogP contribution is -2.54. The van der Waals surface area contributed by atoms with Crippen molar-refractivity contribution in [1.29, 1.82) is 0 Å². The van der Waals surface area contributed by atoms with Gasteiger partial charge in [0, 0.05) is 22.3 Å². The van der Waals surface area contributed by atoms with Gasteiger partial charge in [-0.25, -0.2) is 0 Å². The number of fused-ring (bicyclic) bond motifs is 10. The van der Waals surface area contributed by atoms with Crippen LogP contribution in [-0.4, -0.2) is 33.8 Å². The standard InChI is InChI=1S/C38H60N2O2/c1-35-17-13-25(41)21-23(35)5-7-27-29-9-11-33(37(29,3)19-15-31(27)35)39-40-34-12-10-30-28-8-6-24-22-26(42)14-18-36(24,2)32(28)16-20-38(30,34)4/h23-32,41-42H,5-22H2,1-4H3/b39-33-,40-34+/t23-,24-,25-,26-,27-,28+,29-,30-,31-,32+,35-,36-,37-,38-/m0/s1. The molecule has 0 unspecified atom stereocenters. The maximum Gasteiger partial charge on any atom is 0.0543 e. The zero-order chi connectivity index (χ0) is 29.1. The van der Waals surface area contributed by atoms with Crippen LogP contribution in [0.4, 0.5) is 0 Å². The molecular formula is C38H60N2O2. The fourth-order valence-electron chi connectivity index (χ4n) is 14.5. The van der Waals surface area contributed by atoms with Gasteiger partial charge in [-0.3, -0.25) is 0 Å². The predicted octanol–water partition coefficient (Wildman–Crippen LogP) is 8.59. The van der Waals surface area contributed by atoms with Gasteiger partial charge in [-0.15, -0.1) is 0 Å². The molecule has 2 N–H and O–H groups in total. The fourth-order valence-corrected chi connectivity index (χ4v) is 14.5. The van der Waals surface area contributed by atoms with Crippen molar-refractivity contribution in [2.45, 2.75) is 155 Å². The molecule has 0 aromatic carbocycles. The van der Waals surface area contributed by atoms with Gasteiger partial charge < -0.3 is 10.2 Å². The van der Waals surface area contributed by atoms with Gasteiger partial charge in [0.1, 0.15) is 0 Å². The summed E-state index contributed by atoms with van der Waals surface area (Å²) in [5.41, 5.74) is 4.28. The van der Waals surface area contributed by atoms with E-state index in [0.29, 0.717) is 10.8 Å². The molecule has 8 aliphatic rings. The van der Waals surface area contributed by atoms with Crippen LogP contribution in [0, 0.1) is 69.0 Å². The summed E-state index contributed by atoms with van der Waals surface area (Å²) >= 11 is 0. The molecule has 0 aromatic rings. The lowest BCUT2D eigenvalue weighted by molar-refractivity contribution is -0.114. The Bertz CT molecular complexity index is 1060. The highest BCUT2D eigenvalue weighted by atomic mass is 16.3. The number of aliphatic hydroxyl groups excluding tert-OH is 2. The number of hydrogen-bond donors (Lipinski definition) is 2.